The zero-order valence-electron chi connectivity index (χ0n) is 17.4. The van der Waals surface area contributed by atoms with Gasteiger partial charge in [0.1, 0.15) is 5.75 Å². The Morgan fingerprint density at radius 3 is 1.83 bits per heavy atom. The van der Waals surface area contributed by atoms with E-state index in [0.29, 0.717) is 6.42 Å². The van der Waals surface area contributed by atoms with E-state index in [1.165, 1.54) is 0 Å². The molecule has 0 aliphatic heterocycles. The summed E-state index contributed by atoms with van der Waals surface area (Å²) >= 11 is 0. The van der Waals surface area contributed by atoms with Gasteiger partial charge in [-0.15, -0.1) is 0 Å². The first-order chi connectivity index (χ1) is 14.7. The molecule has 0 heterocycles. The second kappa shape index (κ2) is 10.6. The molecular formula is C26H29NO3. The second-order valence-electron chi connectivity index (χ2n) is 7.34. The van der Waals surface area contributed by atoms with E-state index in [-0.39, 0.29) is 6.42 Å². The van der Waals surface area contributed by atoms with Crippen LogP contribution in [-0.2, 0) is 10.3 Å². The van der Waals surface area contributed by atoms with Gasteiger partial charge >= 0.3 is 5.97 Å². The quantitative estimate of drug-likeness (QED) is 0.340. The SMILES string of the molecule is COc1ccc(C(NCCCCCC(=O)O)(c2ccccc2)c2ccccc2)cc1. The average molecular weight is 404 g/mol. The van der Waals surface area contributed by atoms with Crippen LogP contribution in [0.3, 0.4) is 0 Å². The summed E-state index contributed by atoms with van der Waals surface area (Å²) in [5.74, 6) is 0.0894. The fraction of sp³-hybridized carbons (Fsp3) is 0.269. The lowest BCUT2D eigenvalue weighted by atomic mass is 9.77. The third-order valence-electron chi connectivity index (χ3n) is 5.39. The molecule has 0 saturated heterocycles. The number of aliphatic carboxylic acids is 1. The zero-order chi connectivity index (χ0) is 21.2. The van der Waals surface area contributed by atoms with Crippen molar-refractivity contribution in [3.63, 3.8) is 0 Å². The first-order valence-corrected chi connectivity index (χ1v) is 10.4. The van der Waals surface area contributed by atoms with E-state index in [9.17, 15) is 4.79 Å². The second-order valence-corrected chi connectivity index (χ2v) is 7.34. The number of benzene rings is 3. The molecule has 0 saturated carbocycles. The molecule has 156 valence electrons. The van der Waals surface area contributed by atoms with E-state index in [0.717, 1.165) is 41.8 Å². The molecule has 0 amide bonds. The maximum absolute atomic E-state index is 10.8. The summed E-state index contributed by atoms with van der Waals surface area (Å²) in [6.07, 6.45) is 2.71. The molecule has 0 radical (unpaired) electrons. The summed E-state index contributed by atoms with van der Waals surface area (Å²) in [5.41, 5.74) is 2.94. The number of carboxylic acids is 1. The van der Waals surface area contributed by atoms with Crippen LogP contribution in [0, 0.1) is 0 Å². The van der Waals surface area contributed by atoms with Crippen LogP contribution in [0.2, 0.25) is 0 Å². The molecule has 4 nitrogen and oxygen atoms in total. The van der Waals surface area contributed by atoms with Crippen molar-refractivity contribution in [1.29, 1.82) is 0 Å². The van der Waals surface area contributed by atoms with Crippen LogP contribution >= 0.6 is 0 Å². The van der Waals surface area contributed by atoms with Gasteiger partial charge in [0.15, 0.2) is 0 Å². The monoisotopic (exact) mass is 403 g/mol. The Balaban J connectivity index is 1.97. The van der Waals surface area contributed by atoms with Gasteiger partial charge in [0.2, 0.25) is 0 Å². The molecule has 3 rings (SSSR count). The summed E-state index contributed by atoms with van der Waals surface area (Å²) in [4.78, 5) is 10.8. The third kappa shape index (κ3) is 5.08. The van der Waals surface area contributed by atoms with Crippen LogP contribution in [0.15, 0.2) is 84.9 Å². The molecule has 0 aromatic heterocycles. The van der Waals surface area contributed by atoms with Gasteiger partial charge in [-0.05, 0) is 48.2 Å². The molecule has 0 fully saturated rings. The van der Waals surface area contributed by atoms with Gasteiger partial charge in [-0.2, -0.15) is 0 Å². The van der Waals surface area contributed by atoms with E-state index in [2.05, 4.69) is 66.0 Å². The number of hydrogen-bond acceptors (Lipinski definition) is 3. The van der Waals surface area contributed by atoms with Crippen LogP contribution in [0.4, 0.5) is 0 Å². The first kappa shape index (κ1) is 21.6. The fourth-order valence-corrected chi connectivity index (χ4v) is 3.88. The molecule has 2 N–H and O–H groups in total. The minimum absolute atomic E-state index is 0.223. The maximum Gasteiger partial charge on any atom is 0.303 e. The van der Waals surface area contributed by atoms with Crippen molar-refractivity contribution in [2.24, 2.45) is 0 Å². The number of carbonyl (C=O) groups is 1. The van der Waals surface area contributed by atoms with Crippen LogP contribution in [0.5, 0.6) is 5.75 Å². The van der Waals surface area contributed by atoms with E-state index >= 15 is 0 Å². The Morgan fingerprint density at radius 2 is 1.33 bits per heavy atom. The molecule has 0 unspecified atom stereocenters. The molecule has 3 aromatic carbocycles. The molecule has 30 heavy (non-hydrogen) atoms. The average Bonchev–Trinajstić information content (AvgIpc) is 2.80. The molecule has 0 aliphatic rings. The Kier molecular flexibility index (Phi) is 7.63. The summed E-state index contributed by atoms with van der Waals surface area (Å²) < 4.78 is 5.37. The summed E-state index contributed by atoms with van der Waals surface area (Å²) in [6, 6.07) is 29.1. The van der Waals surface area contributed by atoms with Gasteiger partial charge in [-0.1, -0.05) is 79.2 Å². The molecule has 0 atom stereocenters. The molecule has 3 aromatic rings. The van der Waals surface area contributed by atoms with Crippen LogP contribution < -0.4 is 10.1 Å². The zero-order valence-corrected chi connectivity index (χ0v) is 17.4. The van der Waals surface area contributed by atoms with Crippen molar-refractivity contribution in [3.8, 4) is 5.75 Å². The Hall–Kier alpha value is -3.11. The van der Waals surface area contributed by atoms with E-state index in [1.807, 2.05) is 24.3 Å². The van der Waals surface area contributed by atoms with Gasteiger partial charge in [0.05, 0.1) is 12.6 Å². The van der Waals surface area contributed by atoms with Crippen molar-refractivity contribution < 1.29 is 14.6 Å². The highest BCUT2D eigenvalue weighted by atomic mass is 16.5. The molecular weight excluding hydrogens is 374 g/mol. The van der Waals surface area contributed by atoms with Crippen molar-refractivity contribution in [2.75, 3.05) is 13.7 Å². The van der Waals surface area contributed by atoms with E-state index in [4.69, 9.17) is 9.84 Å². The number of unbranched alkanes of at least 4 members (excludes halogenated alkanes) is 2. The number of nitrogens with one attached hydrogen (secondary N) is 1. The predicted octanol–water partition coefficient (Wildman–Crippen LogP) is 5.22. The third-order valence-corrected chi connectivity index (χ3v) is 5.39. The number of rotatable bonds is 11. The maximum atomic E-state index is 10.8. The Bertz CT molecular complexity index is 869. The largest absolute Gasteiger partial charge is 0.497 e. The van der Waals surface area contributed by atoms with Gasteiger partial charge in [-0.25, -0.2) is 0 Å². The number of ether oxygens (including phenoxy) is 1. The van der Waals surface area contributed by atoms with Crippen LogP contribution in [0.25, 0.3) is 0 Å². The molecule has 0 aliphatic carbocycles. The van der Waals surface area contributed by atoms with Crippen LogP contribution in [0.1, 0.15) is 42.4 Å². The summed E-state index contributed by atoms with van der Waals surface area (Å²) in [7, 11) is 1.67. The smallest absolute Gasteiger partial charge is 0.303 e. The summed E-state index contributed by atoms with van der Waals surface area (Å²) in [5, 5.41) is 12.7. The van der Waals surface area contributed by atoms with E-state index < -0.39 is 11.5 Å². The minimum Gasteiger partial charge on any atom is -0.497 e. The Morgan fingerprint density at radius 1 is 0.800 bits per heavy atom. The van der Waals surface area contributed by atoms with Crippen molar-refractivity contribution in [3.05, 3.63) is 102 Å². The van der Waals surface area contributed by atoms with Gasteiger partial charge in [-0.3, -0.25) is 10.1 Å². The fourth-order valence-electron chi connectivity index (χ4n) is 3.88. The molecule has 0 spiro atoms. The van der Waals surface area contributed by atoms with Crippen molar-refractivity contribution >= 4 is 5.97 Å². The van der Waals surface area contributed by atoms with Crippen LogP contribution in [-0.4, -0.2) is 24.7 Å². The lowest BCUT2D eigenvalue weighted by Crippen LogP contribution is -2.45. The van der Waals surface area contributed by atoms with Crippen molar-refractivity contribution in [2.45, 2.75) is 31.2 Å². The minimum atomic E-state index is -0.732. The number of carboxylic acid groups (broad SMARTS) is 1. The topological polar surface area (TPSA) is 58.6 Å². The highest BCUT2D eigenvalue weighted by Crippen LogP contribution is 2.37. The normalized spacial score (nSPS) is 11.2. The molecule has 4 heteroatoms. The molecule has 0 bridgehead atoms. The standard InChI is InChI=1S/C26H29NO3/c1-30-24-18-16-23(17-19-24)26(21-11-5-2-6-12-21,22-13-7-3-8-14-22)27-20-10-4-9-15-25(28)29/h2-3,5-8,11-14,16-19,27H,4,9-10,15,20H2,1H3,(H,28,29). The summed E-state index contributed by atoms with van der Waals surface area (Å²) in [6.45, 7) is 0.773. The predicted molar refractivity (Wildman–Crippen MR) is 120 cm³/mol. The van der Waals surface area contributed by atoms with Gasteiger partial charge in [0, 0.05) is 6.42 Å². The van der Waals surface area contributed by atoms with Gasteiger partial charge < -0.3 is 9.84 Å². The van der Waals surface area contributed by atoms with Gasteiger partial charge in [0.25, 0.3) is 0 Å². The number of hydrogen-bond donors (Lipinski definition) is 2. The Labute approximate surface area is 178 Å². The highest BCUT2D eigenvalue weighted by molar-refractivity contribution is 5.66. The lowest BCUT2D eigenvalue weighted by Gasteiger charge is -2.37. The highest BCUT2D eigenvalue weighted by Gasteiger charge is 2.35. The van der Waals surface area contributed by atoms with Crippen molar-refractivity contribution in [1.82, 2.24) is 5.32 Å². The van der Waals surface area contributed by atoms with E-state index in [1.54, 1.807) is 7.11 Å². The lowest BCUT2D eigenvalue weighted by molar-refractivity contribution is -0.137. The first-order valence-electron chi connectivity index (χ1n) is 10.4. The number of methoxy groups -OCH3 is 1.